The molecule has 0 aliphatic heterocycles. The number of nitrogens with one attached hydrogen (secondary N) is 2. The number of anilines is 1. The Bertz CT molecular complexity index is 707. The first-order valence-corrected chi connectivity index (χ1v) is 8.42. The number of benzene rings is 2. The van der Waals surface area contributed by atoms with Crippen molar-refractivity contribution in [2.24, 2.45) is 0 Å². The maximum atomic E-state index is 12.3. The first-order valence-electron chi connectivity index (χ1n) is 8.05. The zero-order valence-corrected chi connectivity index (χ0v) is 15.4. The van der Waals surface area contributed by atoms with E-state index < -0.39 is 6.04 Å². The van der Waals surface area contributed by atoms with Gasteiger partial charge in [-0.05, 0) is 25.0 Å². The molecule has 2 rings (SSSR count). The van der Waals surface area contributed by atoms with E-state index >= 15 is 0 Å². The number of ether oxygens (including phenoxy) is 2. The first-order chi connectivity index (χ1) is 12.0. The van der Waals surface area contributed by atoms with Gasteiger partial charge in [-0.1, -0.05) is 41.9 Å². The van der Waals surface area contributed by atoms with Crippen LogP contribution in [-0.2, 0) is 11.2 Å². The molecule has 0 aliphatic carbocycles. The van der Waals surface area contributed by atoms with Crippen molar-refractivity contribution >= 4 is 23.2 Å². The molecule has 2 aromatic carbocycles. The third-order valence-electron chi connectivity index (χ3n) is 3.79. The van der Waals surface area contributed by atoms with Crippen LogP contribution in [-0.4, -0.2) is 32.7 Å². The minimum Gasteiger partial charge on any atom is -0.495 e. The lowest BCUT2D eigenvalue weighted by Crippen LogP contribution is -2.38. The molecule has 0 saturated carbocycles. The molecule has 0 bridgehead atoms. The highest BCUT2D eigenvalue weighted by atomic mass is 35.5. The number of carbonyl (C=O) groups excluding carboxylic acids is 1. The van der Waals surface area contributed by atoms with Gasteiger partial charge in [0.15, 0.2) is 0 Å². The predicted octanol–water partition coefficient (Wildman–Crippen LogP) is 3.52. The highest BCUT2D eigenvalue weighted by molar-refractivity contribution is 6.32. The average molecular weight is 363 g/mol. The fourth-order valence-electron chi connectivity index (χ4n) is 2.40. The van der Waals surface area contributed by atoms with Gasteiger partial charge in [-0.25, -0.2) is 0 Å². The predicted molar refractivity (Wildman–Crippen MR) is 101 cm³/mol. The van der Waals surface area contributed by atoms with E-state index in [1.807, 2.05) is 30.3 Å². The molecule has 0 heterocycles. The monoisotopic (exact) mass is 362 g/mol. The fourth-order valence-corrected chi connectivity index (χ4v) is 2.64. The summed E-state index contributed by atoms with van der Waals surface area (Å²) >= 11 is 6.15. The van der Waals surface area contributed by atoms with Crippen LogP contribution in [0.4, 0.5) is 5.69 Å². The summed E-state index contributed by atoms with van der Waals surface area (Å²) in [7, 11) is 3.09. The van der Waals surface area contributed by atoms with E-state index in [0.717, 1.165) is 6.42 Å². The van der Waals surface area contributed by atoms with E-state index in [1.165, 1.54) is 12.7 Å². The van der Waals surface area contributed by atoms with Crippen LogP contribution in [0.25, 0.3) is 0 Å². The van der Waals surface area contributed by atoms with E-state index in [-0.39, 0.29) is 5.91 Å². The lowest BCUT2D eigenvalue weighted by atomic mass is 10.1. The van der Waals surface area contributed by atoms with Crippen molar-refractivity contribution in [1.82, 2.24) is 5.32 Å². The minimum atomic E-state index is -0.436. The summed E-state index contributed by atoms with van der Waals surface area (Å²) in [4.78, 5) is 12.3. The summed E-state index contributed by atoms with van der Waals surface area (Å²) in [6.07, 6.45) is 0.789. The standard InChI is InChI=1S/C19H23ClN2O3/c1-13(19(23)21-10-9-14-7-5-4-6-8-14)22-16-11-15(20)17(24-2)12-18(16)25-3/h4-8,11-13,22H,9-10H2,1-3H3,(H,21,23)/t13-/m0/s1. The second kappa shape index (κ2) is 9.18. The molecule has 5 nitrogen and oxygen atoms in total. The summed E-state index contributed by atoms with van der Waals surface area (Å²) in [5, 5.41) is 6.50. The van der Waals surface area contributed by atoms with Gasteiger partial charge >= 0.3 is 0 Å². The van der Waals surface area contributed by atoms with Crippen molar-refractivity contribution in [2.45, 2.75) is 19.4 Å². The van der Waals surface area contributed by atoms with Crippen LogP contribution in [0, 0.1) is 0 Å². The molecule has 2 aromatic rings. The Balaban J connectivity index is 1.93. The van der Waals surface area contributed by atoms with Gasteiger partial charge in [0.25, 0.3) is 0 Å². The molecule has 0 aromatic heterocycles. The molecular weight excluding hydrogens is 340 g/mol. The molecule has 2 N–H and O–H groups in total. The van der Waals surface area contributed by atoms with Crippen LogP contribution in [0.5, 0.6) is 11.5 Å². The zero-order valence-electron chi connectivity index (χ0n) is 14.6. The Morgan fingerprint density at radius 1 is 1.12 bits per heavy atom. The highest BCUT2D eigenvalue weighted by Gasteiger charge is 2.16. The SMILES string of the molecule is COc1cc(OC)c(N[C@@H](C)C(=O)NCCc2ccccc2)cc1Cl. The van der Waals surface area contributed by atoms with Gasteiger partial charge in [-0.3, -0.25) is 4.79 Å². The second-order valence-corrected chi connectivity index (χ2v) is 5.99. The highest BCUT2D eigenvalue weighted by Crippen LogP contribution is 2.36. The molecule has 0 radical (unpaired) electrons. The normalized spacial score (nSPS) is 11.5. The summed E-state index contributed by atoms with van der Waals surface area (Å²) in [6.45, 7) is 2.37. The minimum absolute atomic E-state index is 0.0927. The zero-order chi connectivity index (χ0) is 18.2. The summed E-state index contributed by atoms with van der Waals surface area (Å²) in [5.74, 6) is 0.985. The summed E-state index contributed by atoms with van der Waals surface area (Å²) in [5.41, 5.74) is 1.83. The molecular formula is C19H23ClN2O3. The molecule has 25 heavy (non-hydrogen) atoms. The second-order valence-electron chi connectivity index (χ2n) is 5.58. The van der Waals surface area contributed by atoms with Gasteiger partial charge in [0.05, 0.1) is 24.9 Å². The number of hydrogen-bond donors (Lipinski definition) is 2. The van der Waals surface area contributed by atoms with Crippen LogP contribution in [0.2, 0.25) is 5.02 Å². The van der Waals surface area contributed by atoms with Crippen LogP contribution >= 0.6 is 11.6 Å². The van der Waals surface area contributed by atoms with Crippen LogP contribution < -0.4 is 20.1 Å². The summed E-state index contributed by atoms with van der Waals surface area (Å²) in [6, 6.07) is 13.0. The van der Waals surface area contributed by atoms with Crippen molar-refractivity contribution in [3.05, 3.63) is 53.1 Å². The van der Waals surface area contributed by atoms with Crippen molar-refractivity contribution < 1.29 is 14.3 Å². The van der Waals surface area contributed by atoms with E-state index in [0.29, 0.717) is 28.8 Å². The molecule has 0 unspecified atom stereocenters. The van der Waals surface area contributed by atoms with Gasteiger partial charge in [-0.2, -0.15) is 0 Å². The first kappa shape index (κ1) is 18.9. The topological polar surface area (TPSA) is 59.6 Å². The molecule has 134 valence electrons. The number of carbonyl (C=O) groups is 1. The van der Waals surface area contributed by atoms with Gasteiger partial charge in [-0.15, -0.1) is 0 Å². The lowest BCUT2D eigenvalue weighted by Gasteiger charge is -2.18. The van der Waals surface area contributed by atoms with E-state index in [1.54, 1.807) is 26.2 Å². The number of rotatable bonds is 8. The van der Waals surface area contributed by atoms with Crippen molar-refractivity contribution in [3.8, 4) is 11.5 Å². The number of methoxy groups -OCH3 is 2. The molecule has 0 aliphatic rings. The molecule has 6 heteroatoms. The number of halogens is 1. The van der Waals surface area contributed by atoms with E-state index in [4.69, 9.17) is 21.1 Å². The molecule has 1 amide bonds. The maximum Gasteiger partial charge on any atom is 0.242 e. The van der Waals surface area contributed by atoms with Crippen molar-refractivity contribution in [3.63, 3.8) is 0 Å². The molecule has 0 fully saturated rings. The molecule has 0 saturated heterocycles. The Morgan fingerprint density at radius 2 is 1.80 bits per heavy atom. The van der Waals surface area contributed by atoms with Gasteiger partial charge in [0.2, 0.25) is 5.91 Å². The largest absolute Gasteiger partial charge is 0.495 e. The molecule has 0 spiro atoms. The number of hydrogen-bond acceptors (Lipinski definition) is 4. The third-order valence-corrected chi connectivity index (χ3v) is 4.09. The Morgan fingerprint density at radius 3 is 2.44 bits per heavy atom. The third kappa shape index (κ3) is 5.29. The number of amides is 1. The quantitative estimate of drug-likeness (QED) is 0.754. The Labute approximate surface area is 153 Å². The molecule has 1 atom stereocenters. The van der Waals surface area contributed by atoms with E-state index in [2.05, 4.69) is 10.6 Å². The maximum absolute atomic E-state index is 12.3. The van der Waals surface area contributed by atoms with Gasteiger partial charge in [0.1, 0.15) is 17.5 Å². The van der Waals surface area contributed by atoms with Crippen molar-refractivity contribution in [1.29, 1.82) is 0 Å². The van der Waals surface area contributed by atoms with E-state index in [9.17, 15) is 4.79 Å². The summed E-state index contributed by atoms with van der Waals surface area (Å²) < 4.78 is 10.5. The smallest absolute Gasteiger partial charge is 0.242 e. The van der Waals surface area contributed by atoms with Crippen LogP contribution in [0.1, 0.15) is 12.5 Å². The van der Waals surface area contributed by atoms with Crippen LogP contribution in [0.3, 0.4) is 0 Å². The van der Waals surface area contributed by atoms with Gasteiger partial charge < -0.3 is 20.1 Å². The van der Waals surface area contributed by atoms with Crippen molar-refractivity contribution in [2.75, 3.05) is 26.1 Å². The van der Waals surface area contributed by atoms with Gasteiger partial charge in [0, 0.05) is 12.6 Å². The fraction of sp³-hybridized carbons (Fsp3) is 0.316. The lowest BCUT2D eigenvalue weighted by molar-refractivity contribution is -0.121. The Kier molecular flexibility index (Phi) is 6.95. The average Bonchev–Trinajstić information content (AvgIpc) is 2.62. The Hall–Kier alpha value is -2.40. The van der Waals surface area contributed by atoms with Crippen LogP contribution in [0.15, 0.2) is 42.5 Å².